The molecule has 3 N–H and O–H groups in total. The minimum absolute atomic E-state index is 0. The summed E-state index contributed by atoms with van der Waals surface area (Å²) < 4.78 is 12.0. The van der Waals surface area contributed by atoms with Crippen molar-refractivity contribution in [2.75, 3.05) is 0 Å². The minimum Gasteiger partial charge on any atom is -0.736 e. The van der Waals surface area contributed by atoms with Gasteiger partial charge in [0.05, 0.1) is 5.16 Å². The molecule has 0 saturated carbocycles. The molecule has 233 valence electrons. The van der Waals surface area contributed by atoms with Crippen LogP contribution in [0.3, 0.4) is 0 Å². The first-order chi connectivity index (χ1) is 21.5. The molecule has 0 spiro atoms. The fourth-order valence-electron chi connectivity index (χ4n) is 2.65. The predicted molar refractivity (Wildman–Crippen MR) is 161 cm³/mol. The van der Waals surface area contributed by atoms with E-state index in [1.54, 1.807) is 12.4 Å². The predicted octanol–water partition coefficient (Wildman–Crippen LogP) is 3.01. The van der Waals surface area contributed by atoms with Gasteiger partial charge in [-0.25, -0.2) is 4.98 Å². The molecule has 1 radical (unpaired) electrons. The molecular weight excluding hydrogens is 812 g/mol. The molecule has 0 unspecified atom stereocenters. The van der Waals surface area contributed by atoms with Crippen LogP contribution in [-0.4, -0.2) is 76.3 Å². The molecule has 0 atom stereocenters. The van der Waals surface area contributed by atoms with Crippen LogP contribution in [0.15, 0.2) is 93.3 Å². The summed E-state index contributed by atoms with van der Waals surface area (Å²) in [7, 11) is 0. The number of nitrogens with zero attached hydrogens (tertiary/aromatic N) is 13. The van der Waals surface area contributed by atoms with E-state index in [1.807, 2.05) is 18.2 Å². The van der Waals surface area contributed by atoms with Gasteiger partial charge in [-0.3, -0.25) is 5.10 Å². The van der Waals surface area contributed by atoms with Gasteiger partial charge >= 0.3 is 17.1 Å². The summed E-state index contributed by atoms with van der Waals surface area (Å²) in [4.78, 5) is 5.29. The molecule has 0 aromatic carbocycles. The standard InChI is InChI=1S/C16H8N12O2S8.CH2N4S.Cu/c29-28-12(8(31)22-25-28)34-9-13(30-26-23-9)35-11-15(38-27-24-11)37-16-19-10(32-7-3-5-18-21-7)14(36-16)33-6-2-1-4-17-20-6;6-1-2-4-5-3-1;/h1-5,25H,(H,18,21)(H,22,31);(H2,2,3,4,5,6);/q;;+2/p-2. The zero-order valence-electron chi connectivity index (χ0n) is 21.0. The van der Waals surface area contributed by atoms with Crippen molar-refractivity contribution in [3.63, 3.8) is 0 Å². The largest absolute Gasteiger partial charge is 2.00 e. The van der Waals surface area contributed by atoms with Gasteiger partial charge in [0, 0.05) is 22.8 Å². The Morgan fingerprint density at radius 3 is 2.49 bits per heavy atom. The summed E-state index contributed by atoms with van der Waals surface area (Å²) in [6.07, 6.45) is 3.39. The Hall–Kier alpha value is -2.66. The van der Waals surface area contributed by atoms with Crippen molar-refractivity contribution in [2.24, 2.45) is 0 Å². The van der Waals surface area contributed by atoms with Crippen LogP contribution in [0.2, 0.25) is 0 Å². The Morgan fingerprint density at radius 1 is 0.889 bits per heavy atom. The van der Waals surface area contributed by atoms with E-state index in [0.29, 0.717) is 20.0 Å². The molecule has 0 fully saturated rings. The molecule has 0 bridgehead atoms. The molecule has 7 rings (SSSR count). The van der Waals surface area contributed by atoms with Gasteiger partial charge in [0.1, 0.15) is 28.5 Å². The van der Waals surface area contributed by atoms with Gasteiger partial charge in [0.2, 0.25) is 10.1 Å². The van der Waals surface area contributed by atoms with E-state index >= 15 is 0 Å². The van der Waals surface area contributed by atoms with E-state index in [4.69, 9.17) is 22.1 Å². The van der Waals surface area contributed by atoms with Gasteiger partial charge in [-0.1, -0.05) is 38.0 Å². The van der Waals surface area contributed by atoms with Crippen LogP contribution >= 0.6 is 81.7 Å². The van der Waals surface area contributed by atoms with Crippen molar-refractivity contribution in [3.8, 4) is 0 Å². The summed E-state index contributed by atoms with van der Waals surface area (Å²) in [6, 6.07) is 5.61. The molecule has 0 saturated heterocycles. The van der Waals surface area contributed by atoms with Crippen molar-refractivity contribution in [1.29, 1.82) is 0 Å². The summed E-state index contributed by atoms with van der Waals surface area (Å²) in [5.41, 5.74) is 0. The van der Waals surface area contributed by atoms with E-state index in [2.05, 4.69) is 83.9 Å². The molecule has 0 aliphatic carbocycles. The minimum atomic E-state index is 0. The van der Waals surface area contributed by atoms with Crippen molar-refractivity contribution in [1.82, 2.24) is 76.3 Å². The molecule has 7 heterocycles. The number of nitrogens with one attached hydrogen (secondary N) is 3. The maximum Gasteiger partial charge on any atom is 2.00 e. The van der Waals surface area contributed by atoms with E-state index in [0.717, 1.165) is 39.6 Å². The van der Waals surface area contributed by atoms with Gasteiger partial charge in [-0.05, 0) is 76.8 Å². The molecule has 0 aliphatic rings. The normalized spacial score (nSPS) is 10.8. The number of tetrazole rings is 1. The maximum absolute atomic E-state index is 11.9. The number of thiazole rings is 1. The van der Waals surface area contributed by atoms with E-state index < -0.39 is 0 Å². The first-order valence-corrected chi connectivity index (χ1v) is 17.6. The Morgan fingerprint density at radius 2 is 1.80 bits per heavy atom. The quantitative estimate of drug-likeness (QED) is 0.0777. The van der Waals surface area contributed by atoms with Gasteiger partial charge < -0.3 is 35.0 Å². The van der Waals surface area contributed by atoms with E-state index in [-0.39, 0.29) is 32.3 Å². The maximum atomic E-state index is 11.9. The molecule has 45 heavy (non-hydrogen) atoms. The number of hydrogen-bond donors (Lipinski definition) is 3. The topological polar surface area (TPSA) is 242 Å². The van der Waals surface area contributed by atoms with Crippen molar-refractivity contribution in [2.45, 2.75) is 58.2 Å². The molecule has 18 nitrogen and oxygen atoms in total. The SMILES string of the molecule is [Cu+2].[O-][n+]1[nH]nc([S-])c1Sc1nnoc1Sc1nnsc1Sc1nc(Sc2cc[nH]n2)c(Sc2cccnn2)s1.[S-]c1nn[nH]n1. The molecule has 7 aromatic rings. The third-order valence-electron chi connectivity index (χ3n) is 4.33. The average Bonchev–Trinajstić information content (AvgIpc) is 3.88. The van der Waals surface area contributed by atoms with E-state index in [9.17, 15) is 5.21 Å². The molecule has 7 aromatic heterocycles. The van der Waals surface area contributed by atoms with Gasteiger partial charge in [-0.15, -0.1) is 25.2 Å². The molecule has 0 amide bonds. The van der Waals surface area contributed by atoms with Gasteiger partial charge in [0.15, 0.2) is 14.4 Å². The van der Waals surface area contributed by atoms with Crippen LogP contribution in [0.1, 0.15) is 0 Å². The fourth-order valence-corrected chi connectivity index (χ4v) is 10.1. The van der Waals surface area contributed by atoms with Gasteiger partial charge in [0.25, 0.3) is 0 Å². The number of aromatic nitrogens is 16. The van der Waals surface area contributed by atoms with Crippen LogP contribution in [0, 0.1) is 5.21 Å². The fraction of sp³-hybridized carbons (Fsp3) is 0. The first kappa shape index (κ1) is 33.7. The third-order valence-corrected chi connectivity index (χ3v) is 12.5. The van der Waals surface area contributed by atoms with Crippen molar-refractivity contribution >= 4 is 107 Å². The number of rotatable bonds is 10. The Bertz CT molecular complexity index is 1890. The van der Waals surface area contributed by atoms with Crippen molar-refractivity contribution < 1.29 is 26.4 Å². The Kier molecular flexibility index (Phi) is 12.2. The number of hydrogen-bond acceptors (Lipinski definition) is 23. The van der Waals surface area contributed by atoms with Gasteiger partial charge in [-0.2, -0.15) is 20.5 Å². The van der Waals surface area contributed by atoms with Crippen LogP contribution in [-0.2, 0) is 42.3 Å². The summed E-state index contributed by atoms with van der Waals surface area (Å²) in [6.45, 7) is 0. The first-order valence-electron chi connectivity index (χ1n) is 11.1. The zero-order valence-corrected chi connectivity index (χ0v) is 29.3. The van der Waals surface area contributed by atoms with Crippen molar-refractivity contribution in [3.05, 3.63) is 35.8 Å². The summed E-state index contributed by atoms with van der Waals surface area (Å²) in [5.74, 6) is 0. The molecule has 28 heteroatoms. The van der Waals surface area contributed by atoms with Crippen LogP contribution in [0.4, 0.5) is 0 Å². The average molecular weight is 821 g/mol. The zero-order chi connectivity index (χ0) is 30.3. The van der Waals surface area contributed by atoms with E-state index in [1.165, 1.54) is 69.9 Å². The monoisotopic (exact) mass is 819 g/mol. The summed E-state index contributed by atoms with van der Waals surface area (Å²) in [5, 5.41) is 61.1. The molecule has 0 aliphatic heterocycles. The second-order valence-corrected chi connectivity index (χ2v) is 15.4. The third kappa shape index (κ3) is 8.99. The van der Waals surface area contributed by atoms with Crippen LogP contribution in [0.5, 0.6) is 0 Å². The Balaban J connectivity index is 0.000000514. The number of H-pyrrole nitrogens is 3. The Labute approximate surface area is 301 Å². The van der Waals surface area contributed by atoms with Crippen LogP contribution in [0.25, 0.3) is 0 Å². The summed E-state index contributed by atoms with van der Waals surface area (Å²) >= 11 is 18.8. The number of aromatic amines is 3. The van der Waals surface area contributed by atoms with Crippen LogP contribution < -0.4 is 4.85 Å². The smallest absolute Gasteiger partial charge is 0.736 e. The molecular formula is C17H8CuN16O2S9. The second kappa shape index (κ2) is 16.3. The second-order valence-electron chi connectivity index (χ2n) is 7.10.